The second kappa shape index (κ2) is 7.80. The molecular formula is C10H21N. The maximum Gasteiger partial charge on any atom is -0.00118 e. The van der Waals surface area contributed by atoms with Gasteiger partial charge in [-0.2, -0.15) is 0 Å². The predicted octanol–water partition coefficient (Wildman–Crippen LogP) is 2.73. The zero-order valence-corrected chi connectivity index (χ0v) is 7.95. The van der Waals surface area contributed by atoms with Crippen molar-refractivity contribution in [2.75, 3.05) is 13.1 Å². The van der Waals surface area contributed by atoms with Gasteiger partial charge in [-0.25, -0.2) is 0 Å². The van der Waals surface area contributed by atoms with E-state index in [9.17, 15) is 0 Å². The summed E-state index contributed by atoms with van der Waals surface area (Å²) in [5.41, 5.74) is 1.27. The molecule has 0 aromatic rings. The highest BCUT2D eigenvalue weighted by molar-refractivity contribution is 4.87. The van der Waals surface area contributed by atoms with Crippen molar-refractivity contribution in [1.82, 2.24) is 5.32 Å². The molecule has 0 aromatic heterocycles. The normalized spacial score (nSPS) is 10.0. The Hall–Kier alpha value is -0.300. The second-order valence-corrected chi connectivity index (χ2v) is 3.16. The number of unbranched alkanes of at least 4 members (excludes halogenated alkanes) is 2. The molecule has 1 N–H and O–H groups in total. The molecule has 0 saturated heterocycles. The third kappa shape index (κ3) is 9.70. The molecule has 1 nitrogen and oxygen atoms in total. The first-order valence-corrected chi connectivity index (χ1v) is 4.62. The van der Waals surface area contributed by atoms with Gasteiger partial charge in [0.1, 0.15) is 0 Å². The molecule has 0 saturated carbocycles. The predicted molar refractivity (Wildman–Crippen MR) is 51.8 cm³/mol. The molecule has 0 unspecified atom stereocenters. The molecule has 0 amide bonds. The topological polar surface area (TPSA) is 12.0 Å². The summed E-state index contributed by atoms with van der Waals surface area (Å²) < 4.78 is 0. The third-order valence-corrected chi connectivity index (χ3v) is 1.69. The number of hydrogen-bond donors (Lipinski definition) is 1. The van der Waals surface area contributed by atoms with Crippen LogP contribution < -0.4 is 5.32 Å². The van der Waals surface area contributed by atoms with E-state index in [1.54, 1.807) is 0 Å². The zero-order chi connectivity index (χ0) is 8.53. The first kappa shape index (κ1) is 10.7. The Morgan fingerprint density at radius 1 is 1.27 bits per heavy atom. The molecule has 0 aliphatic rings. The van der Waals surface area contributed by atoms with Crippen LogP contribution in [0, 0.1) is 0 Å². The minimum absolute atomic E-state index is 1.10. The molecule has 66 valence electrons. The Kier molecular flexibility index (Phi) is 7.59. The van der Waals surface area contributed by atoms with Crippen LogP contribution >= 0.6 is 0 Å². The molecule has 0 atom stereocenters. The van der Waals surface area contributed by atoms with Crippen LogP contribution in [0.15, 0.2) is 12.2 Å². The summed E-state index contributed by atoms with van der Waals surface area (Å²) in [4.78, 5) is 0. The van der Waals surface area contributed by atoms with E-state index < -0.39 is 0 Å². The maximum atomic E-state index is 3.85. The lowest BCUT2D eigenvalue weighted by Crippen LogP contribution is -2.16. The fourth-order valence-electron chi connectivity index (χ4n) is 0.927. The lowest BCUT2D eigenvalue weighted by molar-refractivity contribution is 0.616. The van der Waals surface area contributed by atoms with Crippen LogP contribution in [0.2, 0.25) is 0 Å². The van der Waals surface area contributed by atoms with Gasteiger partial charge in [-0.1, -0.05) is 25.3 Å². The van der Waals surface area contributed by atoms with Crippen molar-refractivity contribution in [3.05, 3.63) is 12.2 Å². The molecule has 0 radical (unpaired) electrons. The molecule has 11 heavy (non-hydrogen) atoms. The molecule has 0 rings (SSSR count). The van der Waals surface area contributed by atoms with Crippen molar-refractivity contribution in [1.29, 1.82) is 0 Å². The van der Waals surface area contributed by atoms with Gasteiger partial charge in [0.25, 0.3) is 0 Å². The summed E-state index contributed by atoms with van der Waals surface area (Å²) in [5.74, 6) is 0. The maximum absolute atomic E-state index is 3.85. The average molecular weight is 155 g/mol. The summed E-state index contributed by atoms with van der Waals surface area (Å²) in [6, 6.07) is 0. The molecule has 0 spiro atoms. The highest BCUT2D eigenvalue weighted by Gasteiger charge is 1.87. The lowest BCUT2D eigenvalue weighted by Gasteiger charge is -2.02. The number of rotatable bonds is 7. The summed E-state index contributed by atoms with van der Waals surface area (Å²) >= 11 is 0. The van der Waals surface area contributed by atoms with Gasteiger partial charge in [-0.15, -0.1) is 6.58 Å². The Morgan fingerprint density at radius 3 is 2.55 bits per heavy atom. The highest BCUT2D eigenvalue weighted by atomic mass is 14.8. The third-order valence-electron chi connectivity index (χ3n) is 1.69. The number of hydrogen-bond acceptors (Lipinski definition) is 1. The lowest BCUT2D eigenvalue weighted by atomic mass is 10.2. The van der Waals surface area contributed by atoms with Gasteiger partial charge in [0, 0.05) is 0 Å². The summed E-state index contributed by atoms with van der Waals surface area (Å²) in [6.07, 6.45) is 5.08. The van der Waals surface area contributed by atoms with Gasteiger partial charge in [-0.3, -0.25) is 0 Å². The van der Waals surface area contributed by atoms with E-state index in [0.717, 1.165) is 13.0 Å². The van der Waals surface area contributed by atoms with Gasteiger partial charge in [0.2, 0.25) is 0 Å². The van der Waals surface area contributed by atoms with Crippen molar-refractivity contribution < 1.29 is 0 Å². The molecule has 0 aromatic carbocycles. The molecule has 0 bridgehead atoms. The monoisotopic (exact) mass is 155 g/mol. The van der Waals surface area contributed by atoms with Crippen LogP contribution in [0.3, 0.4) is 0 Å². The van der Waals surface area contributed by atoms with E-state index in [1.165, 1.54) is 31.4 Å². The van der Waals surface area contributed by atoms with E-state index in [4.69, 9.17) is 0 Å². The van der Waals surface area contributed by atoms with Crippen molar-refractivity contribution in [3.63, 3.8) is 0 Å². The van der Waals surface area contributed by atoms with E-state index >= 15 is 0 Å². The quantitative estimate of drug-likeness (QED) is 0.440. The van der Waals surface area contributed by atoms with Crippen LogP contribution in [0.5, 0.6) is 0 Å². The van der Waals surface area contributed by atoms with E-state index in [1.807, 2.05) is 0 Å². The zero-order valence-electron chi connectivity index (χ0n) is 7.95. The van der Waals surface area contributed by atoms with Gasteiger partial charge in [0.15, 0.2) is 0 Å². The fourth-order valence-corrected chi connectivity index (χ4v) is 0.927. The number of nitrogens with one attached hydrogen (secondary N) is 1. The molecule has 1 heteroatoms. The second-order valence-electron chi connectivity index (χ2n) is 3.16. The van der Waals surface area contributed by atoms with Crippen molar-refractivity contribution in [2.45, 2.75) is 39.5 Å². The van der Waals surface area contributed by atoms with Gasteiger partial charge < -0.3 is 5.32 Å². The summed E-state index contributed by atoms with van der Waals surface area (Å²) in [7, 11) is 0. The van der Waals surface area contributed by atoms with Crippen LogP contribution in [0.4, 0.5) is 0 Å². The van der Waals surface area contributed by atoms with Gasteiger partial charge in [-0.05, 0) is 32.9 Å². The largest absolute Gasteiger partial charge is 0.316 e. The fraction of sp³-hybridized carbons (Fsp3) is 0.800. The van der Waals surface area contributed by atoms with E-state index in [2.05, 4.69) is 25.7 Å². The van der Waals surface area contributed by atoms with Crippen LogP contribution in [-0.2, 0) is 0 Å². The van der Waals surface area contributed by atoms with Crippen molar-refractivity contribution in [2.24, 2.45) is 0 Å². The summed E-state index contributed by atoms with van der Waals surface area (Å²) in [5, 5.41) is 3.39. The smallest absolute Gasteiger partial charge is 0.00118 e. The standard InChI is InChI=1S/C10H21N/c1-4-5-6-8-11-9-7-10(2)3/h11H,2,4-9H2,1,3H3. The first-order chi connectivity index (χ1) is 5.27. The van der Waals surface area contributed by atoms with Crippen LogP contribution in [0.1, 0.15) is 39.5 Å². The van der Waals surface area contributed by atoms with Crippen molar-refractivity contribution in [3.8, 4) is 0 Å². The minimum Gasteiger partial charge on any atom is -0.316 e. The molecule has 0 fully saturated rings. The van der Waals surface area contributed by atoms with E-state index in [-0.39, 0.29) is 0 Å². The Bertz CT molecular complexity index is 97.0. The highest BCUT2D eigenvalue weighted by Crippen LogP contribution is 1.94. The van der Waals surface area contributed by atoms with Crippen LogP contribution in [-0.4, -0.2) is 13.1 Å². The molecular weight excluding hydrogens is 134 g/mol. The van der Waals surface area contributed by atoms with Gasteiger partial charge >= 0.3 is 0 Å². The van der Waals surface area contributed by atoms with Crippen LogP contribution in [0.25, 0.3) is 0 Å². The Morgan fingerprint density at radius 2 is 2.00 bits per heavy atom. The first-order valence-electron chi connectivity index (χ1n) is 4.62. The molecule has 0 heterocycles. The molecule has 0 aliphatic heterocycles. The minimum atomic E-state index is 1.10. The van der Waals surface area contributed by atoms with E-state index in [0.29, 0.717) is 0 Å². The summed E-state index contributed by atoms with van der Waals surface area (Å²) in [6.45, 7) is 10.4. The van der Waals surface area contributed by atoms with Gasteiger partial charge in [0.05, 0.1) is 0 Å². The average Bonchev–Trinajstić information content (AvgIpc) is 1.96. The van der Waals surface area contributed by atoms with Crippen molar-refractivity contribution >= 4 is 0 Å². The SMILES string of the molecule is C=C(C)CCNCCCCC. The molecule has 0 aliphatic carbocycles. The Labute approximate surface area is 70.9 Å². The Balaban J connectivity index is 2.85.